The second kappa shape index (κ2) is 9.82. The lowest BCUT2D eigenvalue weighted by Gasteiger charge is -2.22. The van der Waals surface area contributed by atoms with Gasteiger partial charge in [0.1, 0.15) is 35.8 Å². The number of H-pyrrole nitrogens is 1. The van der Waals surface area contributed by atoms with Gasteiger partial charge >= 0.3 is 6.18 Å². The monoisotopic (exact) mass is 459 g/mol. The molecule has 31 heavy (non-hydrogen) atoms. The van der Waals surface area contributed by atoms with Crippen molar-refractivity contribution in [3.8, 4) is 0 Å². The van der Waals surface area contributed by atoms with Crippen molar-refractivity contribution in [3.63, 3.8) is 0 Å². The third kappa shape index (κ3) is 5.65. The predicted molar refractivity (Wildman–Crippen MR) is 107 cm³/mol. The van der Waals surface area contributed by atoms with Gasteiger partial charge < -0.3 is 14.5 Å². The molecule has 10 heteroatoms. The first-order valence-corrected chi connectivity index (χ1v) is 10.1. The highest BCUT2D eigenvalue weighted by Crippen LogP contribution is 2.37. The van der Waals surface area contributed by atoms with Crippen molar-refractivity contribution in [2.24, 2.45) is 0 Å². The Labute approximate surface area is 182 Å². The number of hydrogen-bond acceptors (Lipinski definition) is 4. The summed E-state index contributed by atoms with van der Waals surface area (Å²) in [4.78, 5) is 11.1. The van der Waals surface area contributed by atoms with Crippen LogP contribution in [0.25, 0.3) is 0 Å². The van der Waals surface area contributed by atoms with Crippen molar-refractivity contribution in [2.75, 3.05) is 7.11 Å². The number of aromatic nitrogens is 3. The Balaban J connectivity index is 1.64. The molecule has 2 aromatic heterocycles. The highest BCUT2D eigenvalue weighted by atomic mass is 35.5. The molecule has 0 bridgehead atoms. The van der Waals surface area contributed by atoms with E-state index in [1.807, 2.05) is 0 Å². The van der Waals surface area contributed by atoms with Gasteiger partial charge in [0, 0.05) is 25.6 Å². The zero-order valence-corrected chi connectivity index (χ0v) is 17.6. The molecule has 0 radical (unpaired) electrons. The van der Waals surface area contributed by atoms with Crippen LogP contribution in [-0.4, -0.2) is 22.1 Å². The average molecular weight is 460 g/mol. The Bertz CT molecular complexity index is 955. The van der Waals surface area contributed by atoms with Crippen LogP contribution in [0.3, 0.4) is 0 Å². The maximum Gasteiger partial charge on any atom is 0.417 e. The maximum absolute atomic E-state index is 13.9. The fourth-order valence-corrected chi connectivity index (χ4v) is 3.37. The third-order valence-electron chi connectivity index (χ3n) is 5.16. The molecule has 0 spiro atoms. The number of nitrogens with one attached hydrogen (secondary N) is 1. The summed E-state index contributed by atoms with van der Waals surface area (Å²) in [5, 5.41) is 0.347. The first-order valence-electron chi connectivity index (χ1n) is 9.68. The number of alkyl halides is 3. The number of imidazole rings is 1. The van der Waals surface area contributed by atoms with Gasteiger partial charge in [-0.2, -0.15) is 13.2 Å². The Morgan fingerprint density at radius 2 is 2.16 bits per heavy atom. The Morgan fingerprint density at radius 1 is 1.42 bits per heavy atom. The molecule has 1 N–H and O–H groups in total. The van der Waals surface area contributed by atoms with Crippen LogP contribution in [0.15, 0.2) is 36.8 Å². The molecule has 1 saturated carbocycles. The number of rotatable bonds is 9. The Kier molecular flexibility index (Phi) is 7.38. The topological polar surface area (TPSA) is 60.0 Å². The zero-order chi connectivity index (χ0) is 22.6. The lowest BCUT2D eigenvalue weighted by Crippen LogP contribution is -2.10. The number of allylic oxidation sites excluding steroid dienone is 1. The molecule has 0 amide bonds. The minimum atomic E-state index is -4.67. The van der Waals surface area contributed by atoms with Crippen LogP contribution in [0.2, 0.25) is 5.15 Å². The average Bonchev–Trinajstić information content (AvgIpc) is 3.04. The largest absolute Gasteiger partial charge is 0.488 e. The number of hydrogen-bond donors (Lipinski definition) is 1. The van der Waals surface area contributed by atoms with Crippen LogP contribution >= 0.6 is 11.6 Å². The molecular weight excluding hydrogens is 438 g/mol. The molecule has 2 heterocycles. The summed E-state index contributed by atoms with van der Waals surface area (Å²) in [6.07, 6.45) is 2.23. The van der Waals surface area contributed by atoms with Crippen molar-refractivity contribution >= 4 is 11.6 Å². The normalized spacial score (nSPS) is 16.1. The third-order valence-corrected chi connectivity index (χ3v) is 5.44. The summed E-state index contributed by atoms with van der Waals surface area (Å²) in [5.41, 5.74) is -0.749. The van der Waals surface area contributed by atoms with E-state index < -0.39 is 23.7 Å². The second-order valence-electron chi connectivity index (χ2n) is 7.16. The van der Waals surface area contributed by atoms with Gasteiger partial charge in [-0.1, -0.05) is 24.6 Å². The molecule has 0 saturated heterocycles. The fourth-order valence-electron chi connectivity index (χ4n) is 3.11. The molecular formula is C21H22ClF4N3O2. The quantitative estimate of drug-likeness (QED) is 0.273. The summed E-state index contributed by atoms with van der Waals surface area (Å²) in [6, 6.07) is 0.393. The standard InChI is InChI=1S/C21H22ClF4N3O2/c1-3-14(31-11-16-15(23)9-13(10-27-16)21(24,25)26)7-8-17(30-2)18-19(22)29-20(28-18)12-5-4-6-12/h3,7,9-10,12,17H,1,4-6,8,11H2,2H3,(H,28,29)/b14-7+. The van der Waals surface area contributed by atoms with Gasteiger partial charge in [0.15, 0.2) is 5.15 Å². The molecule has 0 aliphatic heterocycles. The lowest BCUT2D eigenvalue weighted by molar-refractivity contribution is -0.138. The molecule has 1 aliphatic rings. The van der Waals surface area contributed by atoms with Crippen molar-refractivity contribution in [1.29, 1.82) is 0 Å². The van der Waals surface area contributed by atoms with E-state index in [-0.39, 0.29) is 12.3 Å². The highest BCUT2D eigenvalue weighted by Gasteiger charge is 2.32. The maximum atomic E-state index is 13.9. The Morgan fingerprint density at radius 3 is 2.71 bits per heavy atom. The highest BCUT2D eigenvalue weighted by molar-refractivity contribution is 6.30. The molecule has 0 aromatic carbocycles. The van der Waals surface area contributed by atoms with E-state index in [1.54, 1.807) is 6.08 Å². The van der Waals surface area contributed by atoms with Crippen LogP contribution < -0.4 is 0 Å². The second-order valence-corrected chi connectivity index (χ2v) is 7.52. The van der Waals surface area contributed by atoms with Crippen LogP contribution in [-0.2, 0) is 22.3 Å². The fraction of sp³-hybridized carbons (Fsp3) is 0.429. The first kappa shape index (κ1) is 23.3. The molecule has 1 aliphatic carbocycles. The van der Waals surface area contributed by atoms with Crippen molar-refractivity contribution in [1.82, 2.24) is 15.0 Å². The SMILES string of the molecule is C=C/C(=C\CC(OC)c1[nH]c(C2CCC2)nc1Cl)OCc1ncc(C(F)(F)F)cc1F. The zero-order valence-electron chi connectivity index (χ0n) is 16.8. The summed E-state index contributed by atoms with van der Waals surface area (Å²) < 4.78 is 62.8. The van der Waals surface area contributed by atoms with Gasteiger partial charge in [0.05, 0.1) is 11.3 Å². The van der Waals surface area contributed by atoms with E-state index in [0.29, 0.717) is 41.2 Å². The molecule has 1 fully saturated rings. The molecule has 5 nitrogen and oxygen atoms in total. The van der Waals surface area contributed by atoms with Gasteiger partial charge in [-0.25, -0.2) is 9.37 Å². The Hall–Kier alpha value is -2.39. The summed E-state index contributed by atoms with van der Waals surface area (Å²) in [7, 11) is 1.54. The van der Waals surface area contributed by atoms with Crippen molar-refractivity contribution < 1.29 is 27.0 Å². The lowest BCUT2D eigenvalue weighted by atomic mass is 9.85. The van der Waals surface area contributed by atoms with Crippen LogP contribution in [0.5, 0.6) is 0 Å². The van der Waals surface area contributed by atoms with Crippen molar-refractivity contribution in [3.05, 3.63) is 70.5 Å². The van der Waals surface area contributed by atoms with Crippen LogP contribution in [0, 0.1) is 5.82 Å². The predicted octanol–water partition coefficient (Wildman–Crippen LogP) is 6.25. The summed E-state index contributed by atoms with van der Waals surface area (Å²) in [6.45, 7) is 3.29. The van der Waals surface area contributed by atoms with E-state index in [1.165, 1.54) is 19.6 Å². The van der Waals surface area contributed by atoms with E-state index in [0.717, 1.165) is 18.7 Å². The van der Waals surface area contributed by atoms with E-state index >= 15 is 0 Å². The van der Waals surface area contributed by atoms with Gasteiger partial charge in [0.25, 0.3) is 0 Å². The smallest absolute Gasteiger partial charge is 0.417 e. The van der Waals surface area contributed by atoms with E-state index in [9.17, 15) is 17.6 Å². The van der Waals surface area contributed by atoms with E-state index in [2.05, 4.69) is 21.5 Å². The van der Waals surface area contributed by atoms with Crippen LogP contribution in [0.1, 0.15) is 60.5 Å². The molecule has 168 valence electrons. The van der Waals surface area contributed by atoms with Gasteiger partial charge in [0.2, 0.25) is 0 Å². The van der Waals surface area contributed by atoms with Gasteiger partial charge in [-0.3, -0.25) is 4.98 Å². The minimum absolute atomic E-state index is 0.245. The number of halogens is 5. The van der Waals surface area contributed by atoms with Gasteiger partial charge in [-0.05, 0) is 31.1 Å². The molecule has 2 aromatic rings. The van der Waals surface area contributed by atoms with E-state index in [4.69, 9.17) is 21.1 Å². The number of ether oxygens (including phenoxy) is 2. The summed E-state index contributed by atoms with van der Waals surface area (Å²) in [5.74, 6) is 0.442. The number of pyridine rings is 1. The van der Waals surface area contributed by atoms with Gasteiger partial charge in [-0.15, -0.1) is 0 Å². The first-order chi connectivity index (χ1) is 14.7. The number of aromatic amines is 1. The number of nitrogens with zero attached hydrogens (tertiary/aromatic N) is 2. The van der Waals surface area contributed by atoms with Crippen molar-refractivity contribution in [2.45, 2.75) is 50.5 Å². The number of methoxy groups -OCH3 is 1. The van der Waals surface area contributed by atoms with Crippen LogP contribution in [0.4, 0.5) is 17.6 Å². The molecule has 1 atom stereocenters. The minimum Gasteiger partial charge on any atom is -0.488 e. The molecule has 1 unspecified atom stereocenters. The summed E-state index contributed by atoms with van der Waals surface area (Å²) >= 11 is 6.27. The molecule has 3 rings (SSSR count).